The smallest absolute Gasteiger partial charge is 0.0210 e. The lowest BCUT2D eigenvalue weighted by molar-refractivity contribution is 0.491. The number of hydrogen-bond donors (Lipinski definition) is 0. The summed E-state index contributed by atoms with van der Waals surface area (Å²) in [7, 11) is 0. The van der Waals surface area contributed by atoms with Crippen LogP contribution in [0.1, 0.15) is 64.2 Å². The molecule has 0 aliphatic heterocycles. The molecule has 0 aromatic heterocycles. The standard InChI is InChI=1S/C43H38/c1-6-43(7-2)38-25-29(27-11-9-8-10-12-27)16-20-35(38)36-21-17-30(26-39(36)43)34-19-15-28-13-14-31-23-33(42(3,4)5)24-32-18-22-37(34)41(28)40(31)32/h8-26H,6-7H2,1-5H3. The van der Waals surface area contributed by atoms with Crippen LogP contribution in [-0.4, -0.2) is 0 Å². The third-order valence-corrected chi connectivity index (χ3v) is 10.5. The summed E-state index contributed by atoms with van der Waals surface area (Å²) >= 11 is 0. The Morgan fingerprint density at radius 2 is 1.05 bits per heavy atom. The topological polar surface area (TPSA) is 0 Å². The molecule has 7 aromatic carbocycles. The van der Waals surface area contributed by atoms with E-state index in [-0.39, 0.29) is 10.8 Å². The summed E-state index contributed by atoms with van der Waals surface area (Å²) < 4.78 is 0. The van der Waals surface area contributed by atoms with Gasteiger partial charge >= 0.3 is 0 Å². The van der Waals surface area contributed by atoms with E-state index in [2.05, 4.69) is 150 Å². The quantitative estimate of drug-likeness (QED) is 0.190. The van der Waals surface area contributed by atoms with Crippen molar-refractivity contribution in [3.63, 3.8) is 0 Å². The maximum absolute atomic E-state index is 2.52. The number of benzene rings is 7. The molecule has 1 aliphatic carbocycles. The fraction of sp³-hybridized carbons (Fsp3) is 0.209. The van der Waals surface area contributed by atoms with Crippen LogP contribution in [0.2, 0.25) is 0 Å². The van der Waals surface area contributed by atoms with Gasteiger partial charge in [-0.1, -0.05) is 138 Å². The molecule has 0 heterocycles. The average molecular weight is 555 g/mol. The van der Waals surface area contributed by atoms with Crippen molar-refractivity contribution in [2.24, 2.45) is 0 Å². The minimum atomic E-state index is 0.0125. The highest BCUT2D eigenvalue weighted by Crippen LogP contribution is 2.54. The van der Waals surface area contributed by atoms with Crippen LogP contribution in [0.25, 0.3) is 65.7 Å². The predicted octanol–water partition coefficient (Wildman–Crippen LogP) is 12.3. The second kappa shape index (κ2) is 9.29. The Kier molecular flexibility index (Phi) is 5.66. The molecule has 0 saturated heterocycles. The monoisotopic (exact) mass is 554 g/mol. The van der Waals surface area contributed by atoms with E-state index in [0.29, 0.717) is 0 Å². The average Bonchev–Trinajstić information content (AvgIpc) is 3.31. The molecule has 0 N–H and O–H groups in total. The molecule has 43 heavy (non-hydrogen) atoms. The summed E-state index contributed by atoms with van der Waals surface area (Å²) in [5, 5.41) is 8.13. The third-order valence-electron chi connectivity index (χ3n) is 10.5. The first-order valence-corrected chi connectivity index (χ1v) is 15.9. The van der Waals surface area contributed by atoms with E-state index in [0.717, 1.165) is 12.8 Å². The van der Waals surface area contributed by atoms with Crippen LogP contribution in [0.3, 0.4) is 0 Å². The maximum Gasteiger partial charge on any atom is 0.0210 e. The highest BCUT2D eigenvalue weighted by molar-refractivity contribution is 6.25. The molecule has 210 valence electrons. The zero-order chi connectivity index (χ0) is 29.5. The Labute approximate surface area is 255 Å². The van der Waals surface area contributed by atoms with Gasteiger partial charge in [-0.15, -0.1) is 0 Å². The molecule has 8 rings (SSSR count). The summed E-state index contributed by atoms with van der Waals surface area (Å²) in [6, 6.07) is 44.0. The molecular formula is C43H38. The first kappa shape index (κ1) is 26.2. The van der Waals surface area contributed by atoms with E-state index in [1.165, 1.54) is 82.4 Å². The third kappa shape index (κ3) is 3.75. The summed E-state index contributed by atoms with van der Waals surface area (Å²) in [5.74, 6) is 0. The van der Waals surface area contributed by atoms with Crippen molar-refractivity contribution in [2.45, 2.75) is 58.3 Å². The maximum atomic E-state index is 2.52. The van der Waals surface area contributed by atoms with Gasteiger partial charge in [-0.2, -0.15) is 0 Å². The molecule has 7 aromatic rings. The molecule has 1 aliphatic rings. The molecule has 0 heteroatoms. The van der Waals surface area contributed by atoms with Crippen molar-refractivity contribution in [2.75, 3.05) is 0 Å². The van der Waals surface area contributed by atoms with Crippen LogP contribution >= 0.6 is 0 Å². The Balaban J connectivity index is 1.32. The summed E-state index contributed by atoms with van der Waals surface area (Å²) in [6.07, 6.45) is 2.17. The van der Waals surface area contributed by atoms with Gasteiger partial charge < -0.3 is 0 Å². The SMILES string of the molecule is CCC1(CC)c2cc(-c3ccccc3)ccc2-c2ccc(-c3ccc4ccc5cc(C(C)(C)C)cc6ccc3c4c56)cc21. The molecule has 0 unspecified atom stereocenters. The fourth-order valence-electron chi connectivity index (χ4n) is 7.99. The van der Waals surface area contributed by atoms with Gasteiger partial charge in [0.2, 0.25) is 0 Å². The lowest BCUT2D eigenvalue weighted by atomic mass is 9.73. The molecule has 0 spiro atoms. The summed E-state index contributed by atoms with van der Waals surface area (Å²) in [4.78, 5) is 0. The highest BCUT2D eigenvalue weighted by Gasteiger charge is 2.41. The van der Waals surface area contributed by atoms with E-state index >= 15 is 0 Å². The van der Waals surface area contributed by atoms with E-state index in [4.69, 9.17) is 0 Å². The van der Waals surface area contributed by atoms with E-state index in [1.54, 1.807) is 0 Å². The van der Waals surface area contributed by atoms with Crippen molar-refractivity contribution in [3.8, 4) is 33.4 Å². The van der Waals surface area contributed by atoms with Crippen LogP contribution in [0.15, 0.2) is 115 Å². The molecule has 0 radical (unpaired) electrons. The van der Waals surface area contributed by atoms with Gasteiger partial charge in [0.05, 0.1) is 0 Å². The Morgan fingerprint density at radius 3 is 1.70 bits per heavy atom. The van der Waals surface area contributed by atoms with Crippen molar-refractivity contribution in [3.05, 3.63) is 132 Å². The zero-order valence-electron chi connectivity index (χ0n) is 25.9. The van der Waals surface area contributed by atoms with E-state index < -0.39 is 0 Å². The normalized spacial score (nSPS) is 14.1. The van der Waals surface area contributed by atoms with Crippen LogP contribution < -0.4 is 0 Å². The van der Waals surface area contributed by atoms with Gasteiger partial charge in [-0.3, -0.25) is 0 Å². The Bertz CT molecular complexity index is 2150. The van der Waals surface area contributed by atoms with Gasteiger partial charge in [-0.05, 0) is 113 Å². The fourth-order valence-corrected chi connectivity index (χ4v) is 7.99. The van der Waals surface area contributed by atoms with Gasteiger partial charge in [0, 0.05) is 5.41 Å². The lowest BCUT2D eigenvalue weighted by Gasteiger charge is -2.30. The minimum absolute atomic E-state index is 0.0125. The van der Waals surface area contributed by atoms with Crippen LogP contribution in [-0.2, 0) is 10.8 Å². The van der Waals surface area contributed by atoms with Gasteiger partial charge in [0.1, 0.15) is 0 Å². The minimum Gasteiger partial charge on any atom is -0.0642 e. The van der Waals surface area contributed by atoms with Gasteiger partial charge in [0.25, 0.3) is 0 Å². The second-order valence-electron chi connectivity index (χ2n) is 13.6. The lowest BCUT2D eigenvalue weighted by Crippen LogP contribution is -2.23. The van der Waals surface area contributed by atoms with Crippen molar-refractivity contribution >= 4 is 32.3 Å². The largest absolute Gasteiger partial charge is 0.0642 e. The Hall–Kier alpha value is -4.42. The summed E-state index contributed by atoms with van der Waals surface area (Å²) in [5.41, 5.74) is 12.5. The molecule has 0 fully saturated rings. The predicted molar refractivity (Wildman–Crippen MR) is 187 cm³/mol. The zero-order valence-corrected chi connectivity index (χ0v) is 25.9. The first-order chi connectivity index (χ1) is 20.8. The summed E-state index contributed by atoms with van der Waals surface area (Å²) in [6.45, 7) is 11.6. The molecule has 0 amide bonds. The van der Waals surface area contributed by atoms with E-state index in [1.807, 2.05) is 0 Å². The van der Waals surface area contributed by atoms with Crippen molar-refractivity contribution in [1.29, 1.82) is 0 Å². The van der Waals surface area contributed by atoms with E-state index in [9.17, 15) is 0 Å². The second-order valence-corrected chi connectivity index (χ2v) is 13.6. The highest BCUT2D eigenvalue weighted by atomic mass is 14.4. The Morgan fingerprint density at radius 1 is 0.488 bits per heavy atom. The number of hydrogen-bond acceptors (Lipinski definition) is 0. The van der Waals surface area contributed by atoms with Gasteiger partial charge in [0.15, 0.2) is 0 Å². The number of fused-ring (bicyclic) bond motifs is 3. The molecule has 0 nitrogen and oxygen atoms in total. The van der Waals surface area contributed by atoms with Crippen LogP contribution in [0, 0.1) is 0 Å². The van der Waals surface area contributed by atoms with Crippen molar-refractivity contribution < 1.29 is 0 Å². The van der Waals surface area contributed by atoms with Crippen LogP contribution in [0.5, 0.6) is 0 Å². The number of rotatable bonds is 4. The van der Waals surface area contributed by atoms with Gasteiger partial charge in [-0.25, -0.2) is 0 Å². The molecule has 0 saturated carbocycles. The van der Waals surface area contributed by atoms with Crippen molar-refractivity contribution in [1.82, 2.24) is 0 Å². The molecular weight excluding hydrogens is 516 g/mol. The molecule has 0 bridgehead atoms. The van der Waals surface area contributed by atoms with Crippen LogP contribution in [0.4, 0.5) is 0 Å². The first-order valence-electron chi connectivity index (χ1n) is 15.9. The molecule has 0 atom stereocenters.